The fraction of sp³-hybridized carbons (Fsp3) is 0.917. The van der Waals surface area contributed by atoms with Crippen molar-refractivity contribution in [3.05, 3.63) is 0 Å². The molecule has 1 rings (SSSR count). The van der Waals surface area contributed by atoms with Crippen molar-refractivity contribution in [3.63, 3.8) is 0 Å². The lowest BCUT2D eigenvalue weighted by molar-refractivity contribution is 0.0146. The van der Waals surface area contributed by atoms with Crippen molar-refractivity contribution in [1.29, 1.82) is 0 Å². The first-order chi connectivity index (χ1) is 7.94. The number of carbonyl (C=O) groups excluding carboxylic acids is 1. The highest BCUT2D eigenvalue weighted by Crippen LogP contribution is 2.17. The van der Waals surface area contributed by atoms with Gasteiger partial charge in [-0.1, -0.05) is 0 Å². The Kier molecular flexibility index (Phi) is 5.21. The number of carbonyl (C=O) groups is 1. The van der Waals surface area contributed by atoms with Gasteiger partial charge < -0.3 is 20.1 Å². The highest BCUT2D eigenvalue weighted by Gasteiger charge is 2.30. The van der Waals surface area contributed by atoms with Crippen molar-refractivity contribution < 1.29 is 14.3 Å². The van der Waals surface area contributed by atoms with Gasteiger partial charge >= 0.3 is 6.09 Å². The number of hydrogen-bond acceptors (Lipinski definition) is 4. The summed E-state index contributed by atoms with van der Waals surface area (Å²) in [5, 5.41) is 0. The Morgan fingerprint density at radius 1 is 1.53 bits per heavy atom. The van der Waals surface area contributed by atoms with Crippen molar-refractivity contribution in [3.8, 4) is 0 Å². The Labute approximate surface area is 103 Å². The van der Waals surface area contributed by atoms with Crippen LogP contribution in [-0.2, 0) is 9.47 Å². The molecule has 1 fully saturated rings. The summed E-state index contributed by atoms with van der Waals surface area (Å²) in [4.78, 5) is 13.8. The SMILES string of the molecule is CC(C)(C)OC(=O)N(CCCN)C1CCOC1. The van der Waals surface area contributed by atoms with Gasteiger partial charge in [-0.25, -0.2) is 4.79 Å². The molecule has 2 N–H and O–H groups in total. The summed E-state index contributed by atoms with van der Waals surface area (Å²) in [6, 6.07) is 0.136. The van der Waals surface area contributed by atoms with Gasteiger partial charge in [0.2, 0.25) is 0 Å². The number of rotatable bonds is 4. The van der Waals surface area contributed by atoms with Crippen LogP contribution in [0.2, 0.25) is 0 Å². The molecular formula is C12H24N2O3. The third-order valence-corrected chi connectivity index (χ3v) is 2.58. The number of nitrogens with zero attached hydrogens (tertiary/aromatic N) is 1. The van der Waals surface area contributed by atoms with Crippen molar-refractivity contribution in [1.82, 2.24) is 4.90 Å². The molecule has 0 bridgehead atoms. The van der Waals surface area contributed by atoms with Gasteiger partial charge in [0.25, 0.3) is 0 Å². The first kappa shape index (κ1) is 14.3. The second-order valence-corrected chi connectivity index (χ2v) is 5.33. The highest BCUT2D eigenvalue weighted by atomic mass is 16.6. The average molecular weight is 244 g/mol. The van der Waals surface area contributed by atoms with Gasteiger partial charge in [-0.15, -0.1) is 0 Å². The minimum atomic E-state index is -0.461. The molecular weight excluding hydrogens is 220 g/mol. The zero-order valence-electron chi connectivity index (χ0n) is 11.1. The first-order valence-electron chi connectivity index (χ1n) is 6.21. The van der Waals surface area contributed by atoms with E-state index in [1.807, 2.05) is 20.8 Å². The van der Waals surface area contributed by atoms with E-state index in [0.717, 1.165) is 12.8 Å². The van der Waals surface area contributed by atoms with E-state index in [-0.39, 0.29) is 12.1 Å². The second kappa shape index (κ2) is 6.21. The molecule has 0 aromatic rings. The molecule has 5 heteroatoms. The lowest BCUT2D eigenvalue weighted by Crippen LogP contribution is -2.44. The molecule has 1 atom stereocenters. The van der Waals surface area contributed by atoms with Crippen LogP contribution in [-0.4, -0.2) is 48.9 Å². The number of hydrogen-bond donors (Lipinski definition) is 1. The third kappa shape index (κ3) is 4.91. The van der Waals surface area contributed by atoms with Gasteiger partial charge in [0, 0.05) is 13.2 Å². The standard InChI is InChI=1S/C12H24N2O3/c1-12(2,3)17-11(15)14(7-4-6-13)10-5-8-16-9-10/h10H,4-9,13H2,1-3H3. The molecule has 1 amide bonds. The lowest BCUT2D eigenvalue weighted by Gasteiger charge is -2.30. The third-order valence-electron chi connectivity index (χ3n) is 2.58. The minimum Gasteiger partial charge on any atom is -0.444 e. The zero-order valence-corrected chi connectivity index (χ0v) is 11.1. The summed E-state index contributed by atoms with van der Waals surface area (Å²) in [6.07, 6.45) is 1.40. The van der Waals surface area contributed by atoms with Crippen LogP contribution in [0.15, 0.2) is 0 Å². The predicted octanol–water partition coefficient (Wildman–Crippen LogP) is 1.36. The molecule has 100 valence electrons. The summed E-state index contributed by atoms with van der Waals surface area (Å²) in [6.45, 7) is 8.15. The van der Waals surface area contributed by atoms with Gasteiger partial charge in [0.1, 0.15) is 5.60 Å². The molecule has 5 nitrogen and oxygen atoms in total. The number of amides is 1. The van der Waals surface area contributed by atoms with Crippen LogP contribution < -0.4 is 5.73 Å². The maximum atomic E-state index is 12.1. The molecule has 0 aromatic carbocycles. The molecule has 1 heterocycles. The Bertz CT molecular complexity index is 245. The fourth-order valence-electron chi connectivity index (χ4n) is 1.77. The van der Waals surface area contributed by atoms with Crippen LogP contribution in [0.4, 0.5) is 4.79 Å². The van der Waals surface area contributed by atoms with Crippen molar-refractivity contribution in [2.45, 2.75) is 45.3 Å². The molecule has 0 aliphatic carbocycles. The van der Waals surface area contributed by atoms with E-state index in [4.69, 9.17) is 15.2 Å². The summed E-state index contributed by atoms with van der Waals surface area (Å²) < 4.78 is 10.7. The average Bonchev–Trinajstić information content (AvgIpc) is 2.68. The van der Waals surface area contributed by atoms with Gasteiger partial charge in [0.05, 0.1) is 12.6 Å². The molecule has 0 aromatic heterocycles. The summed E-state index contributed by atoms with van der Waals surface area (Å²) in [5.74, 6) is 0. The van der Waals surface area contributed by atoms with Crippen LogP contribution in [0.5, 0.6) is 0 Å². The smallest absolute Gasteiger partial charge is 0.410 e. The van der Waals surface area contributed by atoms with Gasteiger partial charge in [-0.2, -0.15) is 0 Å². The van der Waals surface area contributed by atoms with Gasteiger partial charge in [-0.05, 0) is 40.2 Å². The van der Waals surface area contributed by atoms with Gasteiger partial charge in [0.15, 0.2) is 0 Å². The van der Waals surface area contributed by atoms with E-state index in [9.17, 15) is 4.79 Å². The molecule has 1 saturated heterocycles. The van der Waals surface area contributed by atoms with E-state index < -0.39 is 5.60 Å². The van der Waals surface area contributed by atoms with Crippen LogP contribution in [0.25, 0.3) is 0 Å². The molecule has 1 aliphatic heterocycles. The van der Waals surface area contributed by atoms with Gasteiger partial charge in [-0.3, -0.25) is 0 Å². The Morgan fingerprint density at radius 3 is 2.71 bits per heavy atom. The highest BCUT2D eigenvalue weighted by molar-refractivity contribution is 5.68. The second-order valence-electron chi connectivity index (χ2n) is 5.33. The van der Waals surface area contributed by atoms with Crippen molar-refractivity contribution in [2.24, 2.45) is 5.73 Å². The van der Waals surface area contributed by atoms with E-state index in [1.54, 1.807) is 4.90 Å². The first-order valence-corrected chi connectivity index (χ1v) is 6.21. The number of ether oxygens (including phenoxy) is 2. The largest absolute Gasteiger partial charge is 0.444 e. The van der Waals surface area contributed by atoms with Crippen molar-refractivity contribution >= 4 is 6.09 Å². The van der Waals surface area contributed by atoms with Crippen LogP contribution in [0.3, 0.4) is 0 Å². The normalized spacial score (nSPS) is 20.4. The molecule has 0 spiro atoms. The summed E-state index contributed by atoms with van der Waals surface area (Å²) in [7, 11) is 0. The summed E-state index contributed by atoms with van der Waals surface area (Å²) >= 11 is 0. The maximum Gasteiger partial charge on any atom is 0.410 e. The monoisotopic (exact) mass is 244 g/mol. The predicted molar refractivity (Wildman–Crippen MR) is 65.8 cm³/mol. The molecule has 0 saturated carbocycles. The Balaban J connectivity index is 2.57. The van der Waals surface area contributed by atoms with Crippen LogP contribution >= 0.6 is 0 Å². The lowest BCUT2D eigenvalue weighted by atomic mass is 10.2. The molecule has 1 unspecified atom stereocenters. The summed E-state index contributed by atoms with van der Waals surface area (Å²) in [5.41, 5.74) is 5.03. The fourth-order valence-corrected chi connectivity index (χ4v) is 1.77. The van der Waals surface area contributed by atoms with Crippen LogP contribution in [0, 0.1) is 0 Å². The molecule has 17 heavy (non-hydrogen) atoms. The quantitative estimate of drug-likeness (QED) is 0.811. The number of nitrogens with two attached hydrogens (primary N) is 1. The topological polar surface area (TPSA) is 64.8 Å². The van der Waals surface area contributed by atoms with E-state index in [2.05, 4.69) is 0 Å². The Morgan fingerprint density at radius 2 is 2.24 bits per heavy atom. The van der Waals surface area contributed by atoms with Crippen molar-refractivity contribution in [2.75, 3.05) is 26.3 Å². The molecule has 0 radical (unpaired) electrons. The molecule has 1 aliphatic rings. The minimum absolute atomic E-state index is 0.136. The van der Waals surface area contributed by atoms with E-state index >= 15 is 0 Å². The van der Waals surface area contributed by atoms with Crippen LogP contribution in [0.1, 0.15) is 33.6 Å². The van der Waals surface area contributed by atoms with E-state index in [0.29, 0.717) is 26.3 Å². The Hall–Kier alpha value is -0.810. The zero-order chi connectivity index (χ0) is 12.9. The maximum absolute atomic E-state index is 12.1. The van der Waals surface area contributed by atoms with E-state index in [1.165, 1.54) is 0 Å².